The second-order valence-corrected chi connectivity index (χ2v) is 5.10. The Kier molecular flexibility index (Phi) is 2.32. The minimum Gasteiger partial charge on any atom is -0.198 e. The van der Waals surface area contributed by atoms with Crippen molar-refractivity contribution >= 4 is 0 Å². The molecule has 3 atom stereocenters. The third-order valence-electron chi connectivity index (χ3n) is 4.15. The van der Waals surface area contributed by atoms with E-state index in [9.17, 15) is 5.26 Å². The Bertz CT molecular complexity index is 228. The van der Waals surface area contributed by atoms with Gasteiger partial charge < -0.3 is 0 Å². The first-order chi connectivity index (χ1) is 6.27. The Morgan fingerprint density at radius 3 is 2.85 bits per heavy atom. The summed E-state index contributed by atoms with van der Waals surface area (Å²) in [5, 5.41) is 9.34. The van der Waals surface area contributed by atoms with Gasteiger partial charge in [0.15, 0.2) is 0 Å². The fraction of sp³-hybridized carbons (Fsp3) is 0.917. The number of rotatable bonds is 0. The van der Waals surface area contributed by atoms with Crippen LogP contribution in [-0.2, 0) is 0 Å². The van der Waals surface area contributed by atoms with Crippen LogP contribution in [0.15, 0.2) is 0 Å². The Balaban J connectivity index is 2.18. The van der Waals surface area contributed by atoms with Gasteiger partial charge in [0.05, 0.1) is 11.5 Å². The molecule has 1 nitrogen and oxygen atoms in total. The van der Waals surface area contributed by atoms with Crippen LogP contribution in [0, 0.1) is 28.6 Å². The van der Waals surface area contributed by atoms with Crippen LogP contribution in [-0.4, -0.2) is 0 Å². The molecule has 1 heteroatoms. The van der Waals surface area contributed by atoms with Crippen molar-refractivity contribution < 1.29 is 0 Å². The molecule has 0 spiro atoms. The smallest absolute Gasteiger partial charge is 0.0692 e. The second kappa shape index (κ2) is 3.33. The van der Waals surface area contributed by atoms with Crippen molar-refractivity contribution in [3.05, 3.63) is 0 Å². The first kappa shape index (κ1) is 9.06. The van der Waals surface area contributed by atoms with Crippen molar-refractivity contribution in [1.29, 1.82) is 5.26 Å². The number of hydrogen-bond acceptors (Lipinski definition) is 1. The van der Waals surface area contributed by atoms with E-state index < -0.39 is 0 Å². The van der Waals surface area contributed by atoms with Gasteiger partial charge in [-0.05, 0) is 37.5 Å². The minimum absolute atomic E-state index is 0.0932. The van der Waals surface area contributed by atoms with E-state index in [0.29, 0.717) is 0 Å². The van der Waals surface area contributed by atoms with Gasteiger partial charge in [0.25, 0.3) is 0 Å². The van der Waals surface area contributed by atoms with Crippen LogP contribution in [0.25, 0.3) is 0 Å². The third kappa shape index (κ3) is 1.47. The fourth-order valence-electron chi connectivity index (χ4n) is 3.40. The normalized spacial score (nSPS) is 44.9. The maximum Gasteiger partial charge on any atom is 0.0692 e. The summed E-state index contributed by atoms with van der Waals surface area (Å²) in [7, 11) is 0. The van der Waals surface area contributed by atoms with Crippen LogP contribution in [0.1, 0.15) is 51.9 Å². The van der Waals surface area contributed by atoms with Crippen LogP contribution >= 0.6 is 0 Å². The molecule has 0 amide bonds. The summed E-state index contributed by atoms with van der Waals surface area (Å²) < 4.78 is 0. The van der Waals surface area contributed by atoms with E-state index in [-0.39, 0.29) is 5.41 Å². The molecule has 0 N–H and O–H groups in total. The maximum absolute atomic E-state index is 9.34. The van der Waals surface area contributed by atoms with Gasteiger partial charge in [-0.1, -0.05) is 26.2 Å². The zero-order valence-electron chi connectivity index (χ0n) is 8.55. The molecule has 0 aromatic carbocycles. The lowest BCUT2D eigenvalue weighted by Gasteiger charge is -2.44. The highest BCUT2D eigenvalue weighted by Gasteiger charge is 2.44. The summed E-state index contributed by atoms with van der Waals surface area (Å²) in [6.07, 6.45) is 9.00. The van der Waals surface area contributed by atoms with Crippen molar-refractivity contribution in [2.24, 2.45) is 17.3 Å². The number of nitriles is 1. The van der Waals surface area contributed by atoms with Crippen LogP contribution in [0.4, 0.5) is 0 Å². The molecule has 0 heterocycles. The van der Waals surface area contributed by atoms with Gasteiger partial charge >= 0.3 is 0 Å². The summed E-state index contributed by atoms with van der Waals surface area (Å²) in [5.74, 6) is 1.52. The molecule has 2 aliphatic carbocycles. The Morgan fingerprint density at radius 2 is 2.08 bits per heavy atom. The van der Waals surface area contributed by atoms with Crippen molar-refractivity contribution in [2.75, 3.05) is 0 Å². The summed E-state index contributed by atoms with van der Waals surface area (Å²) >= 11 is 0. The molecule has 13 heavy (non-hydrogen) atoms. The first-order valence-electron chi connectivity index (χ1n) is 5.68. The Hall–Kier alpha value is -0.510. The van der Waals surface area contributed by atoms with Crippen molar-refractivity contribution in [3.63, 3.8) is 0 Å². The SMILES string of the molecule is C[C@H]1CCC2CCCCC2(C#N)C1. The summed E-state index contributed by atoms with van der Waals surface area (Å²) in [6, 6.07) is 2.65. The molecule has 72 valence electrons. The fourth-order valence-corrected chi connectivity index (χ4v) is 3.40. The van der Waals surface area contributed by atoms with Gasteiger partial charge in [0.2, 0.25) is 0 Å². The predicted octanol–water partition coefficient (Wildman–Crippen LogP) is 3.51. The molecule has 2 unspecified atom stereocenters. The Morgan fingerprint density at radius 1 is 1.23 bits per heavy atom. The predicted molar refractivity (Wildman–Crippen MR) is 53.0 cm³/mol. The second-order valence-electron chi connectivity index (χ2n) is 5.10. The van der Waals surface area contributed by atoms with E-state index in [1.165, 1.54) is 44.9 Å². The molecule has 2 aliphatic rings. The lowest BCUT2D eigenvalue weighted by atomic mass is 9.58. The lowest BCUT2D eigenvalue weighted by molar-refractivity contribution is 0.0734. The van der Waals surface area contributed by atoms with Gasteiger partial charge in [0, 0.05) is 0 Å². The molecule has 0 bridgehead atoms. The van der Waals surface area contributed by atoms with E-state index in [1.807, 2.05) is 0 Å². The van der Waals surface area contributed by atoms with Crippen molar-refractivity contribution in [2.45, 2.75) is 51.9 Å². The monoisotopic (exact) mass is 177 g/mol. The summed E-state index contributed by atoms with van der Waals surface area (Å²) in [6.45, 7) is 2.31. The molecule has 2 fully saturated rings. The molecule has 0 aromatic heterocycles. The molecule has 0 aliphatic heterocycles. The average molecular weight is 177 g/mol. The molecule has 2 saturated carbocycles. The molecular weight excluding hydrogens is 158 g/mol. The number of fused-ring (bicyclic) bond motifs is 1. The first-order valence-corrected chi connectivity index (χ1v) is 5.68. The number of nitrogens with zero attached hydrogens (tertiary/aromatic N) is 1. The number of hydrogen-bond donors (Lipinski definition) is 0. The molecule has 0 saturated heterocycles. The lowest BCUT2D eigenvalue weighted by Crippen LogP contribution is -2.37. The largest absolute Gasteiger partial charge is 0.198 e. The highest BCUT2D eigenvalue weighted by molar-refractivity contribution is 5.07. The van der Waals surface area contributed by atoms with Crippen LogP contribution in [0.2, 0.25) is 0 Å². The molecule has 2 rings (SSSR count). The van der Waals surface area contributed by atoms with E-state index in [1.54, 1.807) is 0 Å². The van der Waals surface area contributed by atoms with E-state index in [0.717, 1.165) is 11.8 Å². The van der Waals surface area contributed by atoms with E-state index >= 15 is 0 Å². The van der Waals surface area contributed by atoms with Crippen molar-refractivity contribution in [3.8, 4) is 6.07 Å². The molecule has 0 aromatic rings. The van der Waals surface area contributed by atoms with Gasteiger partial charge in [-0.3, -0.25) is 0 Å². The zero-order valence-corrected chi connectivity index (χ0v) is 8.55. The minimum atomic E-state index is 0.0932. The van der Waals surface area contributed by atoms with E-state index in [4.69, 9.17) is 0 Å². The van der Waals surface area contributed by atoms with Gasteiger partial charge in [-0.15, -0.1) is 0 Å². The van der Waals surface area contributed by atoms with Gasteiger partial charge in [-0.2, -0.15) is 5.26 Å². The van der Waals surface area contributed by atoms with Gasteiger partial charge in [-0.25, -0.2) is 0 Å². The highest BCUT2D eigenvalue weighted by Crippen LogP contribution is 2.51. The van der Waals surface area contributed by atoms with Crippen molar-refractivity contribution in [1.82, 2.24) is 0 Å². The molecular formula is C12H19N. The third-order valence-corrected chi connectivity index (χ3v) is 4.15. The zero-order chi connectivity index (χ0) is 9.31. The summed E-state index contributed by atoms with van der Waals surface area (Å²) in [5.41, 5.74) is 0.0932. The average Bonchev–Trinajstić information content (AvgIpc) is 2.17. The van der Waals surface area contributed by atoms with Crippen LogP contribution in [0.5, 0.6) is 0 Å². The highest BCUT2D eigenvalue weighted by atomic mass is 14.5. The van der Waals surface area contributed by atoms with E-state index in [2.05, 4.69) is 13.0 Å². The van der Waals surface area contributed by atoms with Crippen LogP contribution in [0.3, 0.4) is 0 Å². The van der Waals surface area contributed by atoms with Crippen LogP contribution < -0.4 is 0 Å². The molecule has 0 radical (unpaired) electrons. The Labute approximate surface area is 81.1 Å². The standard InChI is InChI=1S/C12H19N/c1-10-5-6-11-4-2-3-7-12(11,8-10)9-13/h10-11H,2-8H2,1H3/t10-,11?,12?/m0/s1. The quantitative estimate of drug-likeness (QED) is 0.555. The topological polar surface area (TPSA) is 23.8 Å². The van der Waals surface area contributed by atoms with Gasteiger partial charge in [0.1, 0.15) is 0 Å². The summed E-state index contributed by atoms with van der Waals surface area (Å²) in [4.78, 5) is 0. The maximum atomic E-state index is 9.34.